The third-order valence-corrected chi connectivity index (χ3v) is 2.72. The summed E-state index contributed by atoms with van der Waals surface area (Å²) in [5, 5.41) is 2.39. The zero-order valence-electron chi connectivity index (χ0n) is 13.7. The number of hydrogen-bond acceptors (Lipinski definition) is 11. The van der Waals surface area contributed by atoms with E-state index < -0.39 is 49.6 Å². The molecule has 144 valence electrons. The standard InChI is InChI=1S/C13H16N2O11/c1-14-12(20)24-6-22-10(18)4-5-11(19)23-7-25-13(21)26-15-8(16)2-3-9(15)17/h2-7H2,1H3,(H,14,20). The van der Waals surface area contributed by atoms with Gasteiger partial charge in [-0.3, -0.25) is 24.0 Å². The fourth-order valence-corrected chi connectivity index (χ4v) is 1.47. The molecule has 1 aliphatic heterocycles. The number of esters is 2. The van der Waals surface area contributed by atoms with Gasteiger partial charge < -0.3 is 24.3 Å². The van der Waals surface area contributed by atoms with E-state index in [0.717, 1.165) is 0 Å². The van der Waals surface area contributed by atoms with Crippen LogP contribution in [0.2, 0.25) is 0 Å². The number of hydrogen-bond donors (Lipinski definition) is 1. The van der Waals surface area contributed by atoms with Crippen molar-refractivity contribution >= 4 is 36.0 Å². The number of carbonyl (C=O) groups excluding carboxylic acids is 6. The topological polar surface area (TPSA) is 164 Å². The largest absolute Gasteiger partial charge is 0.536 e. The second-order valence-electron chi connectivity index (χ2n) is 4.52. The van der Waals surface area contributed by atoms with Gasteiger partial charge in [0.25, 0.3) is 11.8 Å². The molecule has 1 heterocycles. The summed E-state index contributed by atoms with van der Waals surface area (Å²) in [5.41, 5.74) is 0. The Morgan fingerprint density at radius 3 is 1.88 bits per heavy atom. The second kappa shape index (κ2) is 10.5. The lowest BCUT2D eigenvalue weighted by atomic mass is 10.3. The summed E-state index contributed by atoms with van der Waals surface area (Å²) in [5.74, 6) is -3.10. The van der Waals surface area contributed by atoms with Gasteiger partial charge in [-0.25, -0.2) is 9.59 Å². The zero-order valence-corrected chi connectivity index (χ0v) is 13.7. The lowest BCUT2D eigenvalue weighted by Gasteiger charge is -2.12. The van der Waals surface area contributed by atoms with Gasteiger partial charge in [0, 0.05) is 19.9 Å². The molecule has 0 atom stereocenters. The van der Waals surface area contributed by atoms with Crippen LogP contribution in [0.25, 0.3) is 0 Å². The number of nitrogens with one attached hydrogen (secondary N) is 1. The van der Waals surface area contributed by atoms with Crippen LogP contribution in [0.3, 0.4) is 0 Å². The van der Waals surface area contributed by atoms with Crippen LogP contribution >= 0.6 is 0 Å². The quantitative estimate of drug-likeness (QED) is 0.325. The average Bonchev–Trinajstić information content (AvgIpc) is 2.91. The van der Waals surface area contributed by atoms with E-state index in [-0.39, 0.29) is 30.7 Å². The molecule has 1 aliphatic rings. The number of carbonyl (C=O) groups is 6. The van der Waals surface area contributed by atoms with Crippen molar-refractivity contribution in [2.24, 2.45) is 0 Å². The summed E-state index contributed by atoms with van der Waals surface area (Å²) >= 11 is 0. The molecule has 0 spiro atoms. The highest BCUT2D eigenvalue weighted by atomic mass is 16.9. The Hall–Kier alpha value is -3.38. The smallest absolute Gasteiger partial charge is 0.428 e. The van der Waals surface area contributed by atoms with Crippen molar-refractivity contribution in [3.63, 3.8) is 0 Å². The maximum absolute atomic E-state index is 11.3. The Kier molecular flexibility index (Phi) is 8.33. The summed E-state index contributed by atoms with van der Waals surface area (Å²) in [7, 11) is 1.32. The van der Waals surface area contributed by atoms with Crippen molar-refractivity contribution in [1.29, 1.82) is 0 Å². The van der Waals surface area contributed by atoms with Gasteiger partial charge >= 0.3 is 24.2 Å². The van der Waals surface area contributed by atoms with E-state index in [1.165, 1.54) is 7.05 Å². The van der Waals surface area contributed by atoms with Crippen LogP contribution in [0.15, 0.2) is 0 Å². The van der Waals surface area contributed by atoms with Crippen LogP contribution in [-0.4, -0.2) is 61.7 Å². The van der Waals surface area contributed by atoms with Gasteiger partial charge in [0.2, 0.25) is 13.6 Å². The van der Waals surface area contributed by atoms with E-state index in [1.54, 1.807) is 0 Å². The number of ether oxygens (including phenoxy) is 4. The predicted molar refractivity (Wildman–Crippen MR) is 75.3 cm³/mol. The molecule has 1 saturated heterocycles. The predicted octanol–water partition coefficient (Wildman–Crippen LogP) is -0.659. The Labute approximate surface area is 146 Å². The van der Waals surface area contributed by atoms with E-state index in [1.807, 2.05) is 0 Å². The molecule has 3 amide bonds. The van der Waals surface area contributed by atoms with Gasteiger partial charge in [0.1, 0.15) is 0 Å². The molecule has 13 nitrogen and oxygen atoms in total. The molecule has 0 aromatic heterocycles. The molecule has 1 fully saturated rings. The maximum Gasteiger partial charge on any atom is 0.536 e. The van der Waals surface area contributed by atoms with Gasteiger partial charge in [0.05, 0.1) is 12.8 Å². The van der Waals surface area contributed by atoms with E-state index in [9.17, 15) is 28.8 Å². The Morgan fingerprint density at radius 1 is 0.885 bits per heavy atom. The number of amides is 3. The lowest BCUT2D eigenvalue weighted by Crippen LogP contribution is -2.32. The highest BCUT2D eigenvalue weighted by Gasteiger charge is 2.33. The molecule has 0 bridgehead atoms. The molecule has 1 rings (SSSR count). The summed E-state index contributed by atoms with van der Waals surface area (Å²) in [4.78, 5) is 71.2. The number of nitrogens with zero attached hydrogens (tertiary/aromatic N) is 1. The summed E-state index contributed by atoms with van der Waals surface area (Å²) in [6.07, 6.45) is -3.11. The highest BCUT2D eigenvalue weighted by molar-refractivity contribution is 6.01. The molecule has 26 heavy (non-hydrogen) atoms. The van der Waals surface area contributed by atoms with Gasteiger partial charge in [-0.1, -0.05) is 5.06 Å². The van der Waals surface area contributed by atoms with Gasteiger partial charge in [0.15, 0.2) is 0 Å². The maximum atomic E-state index is 11.3. The first-order chi connectivity index (χ1) is 12.3. The third kappa shape index (κ3) is 7.46. The summed E-state index contributed by atoms with van der Waals surface area (Å²) in [6, 6.07) is 0. The van der Waals surface area contributed by atoms with Gasteiger partial charge in [-0.05, 0) is 0 Å². The third-order valence-electron chi connectivity index (χ3n) is 2.72. The second-order valence-corrected chi connectivity index (χ2v) is 4.52. The van der Waals surface area contributed by atoms with E-state index in [4.69, 9.17) is 0 Å². The Balaban J connectivity index is 2.11. The van der Waals surface area contributed by atoms with Crippen molar-refractivity contribution in [2.45, 2.75) is 25.7 Å². The Morgan fingerprint density at radius 2 is 1.38 bits per heavy atom. The molecular weight excluding hydrogens is 360 g/mol. The van der Waals surface area contributed by atoms with Crippen molar-refractivity contribution < 1.29 is 52.6 Å². The van der Waals surface area contributed by atoms with E-state index in [0.29, 0.717) is 0 Å². The fourth-order valence-electron chi connectivity index (χ4n) is 1.47. The van der Waals surface area contributed by atoms with Crippen molar-refractivity contribution in [3.05, 3.63) is 0 Å². The number of imide groups is 1. The summed E-state index contributed by atoms with van der Waals surface area (Å²) in [6.45, 7) is -1.46. The first-order valence-electron chi connectivity index (χ1n) is 7.19. The monoisotopic (exact) mass is 376 g/mol. The van der Waals surface area contributed by atoms with Crippen LogP contribution in [0.1, 0.15) is 25.7 Å². The van der Waals surface area contributed by atoms with Gasteiger partial charge in [-0.15, -0.1) is 0 Å². The van der Waals surface area contributed by atoms with Crippen molar-refractivity contribution in [3.8, 4) is 0 Å². The normalized spacial score (nSPS) is 13.0. The van der Waals surface area contributed by atoms with Gasteiger partial charge in [-0.2, -0.15) is 0 Å². The van der Waals surface area contributed by atoms with Crippen molar-refractivity contribution in [1.82, 2.24) is 10.4 Å². The lowest BCUT2D eigenvalue weighted by molar-refractivity contribution is -0.182. The number of hydroxylamine groups is 2. The van der Waals surface area contributed by atoms with E-state index >= 15 is 0 Å². The van der Waals surface area contributed by atoms with Crippen LogP contribution in [0, 0.1) is 0 Å². The Bertz CT molecular complexity index is 573. The molecule has 0 unspecified atom stereocenters. The molecule has 0 saturated carbocycles. The van der Waals surface area contributed by atoms with E-state index in [2.05, 4.69) is 29.1 Å². The minimum Gasteiger partial charge on any atom is -0.428 e. The van der Waals surface area contributed by atoms with Crippen LogP contribution in [0.4, 0.5) is 9.59 Å². The molecule has 0 radical (unpaired) electrons. The first-order valence-corrected chi connectivity index (χ1v) is 7.19. The number of rotatable bonds is 8. The minimum atomic E-state index is -1.41. The average molecular weight is 376 g/mol. The van der Waals surface area contributed by atoms with Crippen molar-refractivity contribution in [2.75, 3.05) is 20.6 Å². The minimum absolute atomic E-state index is 0.0780. The SMILES string of the molecule is CNC(=O)OCOC(=O)CCC(=O)OCOC(=O)ON1C(=O)CCC1=O. The summed E-state index contributed by atoms with van der Waals surface area (Å²) < 4.78 is 17.7. The zero-order chi connectivity index (χ0) is 19.5. The molecule has 1 N–H and O–H groups in total. The number of alkyl carbamates (subject to hydrolysis) is 1. The highest BCUT2D eigenvalue weighted by Crippen LogP contribution is 2.12. The molecule has 0 aromatic rings. The molecule has 0 aromatic carbocycles. The van der Waals surface area contributed by atoms with Crippen LogP contribution in [0.5, 0.6) is 0 Å². The fraction of sp³-hybridized carbons (Fsp3) is 0.538. The molecule has 0 aliphatic carbocycles. The van der Waals surface area contributed by atoms with Crippen LogP contribution in [-0.2, 0) is 43.0 Å². The van der Waals surface area contributed by atoms with Crippen LogP contribution < -0.4 is 5.32 Å². The molecule has 13 heteroatoms. The first kappa shape index (κ1) is 20.7. The molecular formula is C13H16N2O11.